The molecule has 0 aliphatic carbocycles. The zero-order valence-corrected chi connectivity index (χ0v) is 8.74. The average Bonchev–Trinajstić information content (AvgIpc) is 2.07. The maximum absolute atomic E-state index is 4.36. The van der Waals surface area contributed by atoms with Crippen molar-refractivity contribution in [3.8, 4) is 0 Å². The molecule has 0 atom stereocenters. The molecule has 0 saturated heterocycles. The van der Waals surface area contributed by atoms with Gasteiger partial charge in [-0.1, -0.05) is 0 Å². The Morgan fingerprint density at radius 2 is 2.25 bits per heavy atom. The third kappa shape index (κ3) is 1.29. The Morgan fingerprint density at radius 1 is 1.42 bits per heavy atom. The van der Waals surface area contributed by atoms with E-state index in [1.165, 1.54) is 3.57 Å². The number of aromatic nitrogens is 2. The van der Waals surface area contributed by atoms with Gasteiger partial charge in [-0.3, -0.25) is 0 Å². The van der Waals surface area contributed by atoms with E-state index in [1.807, 2.05) is 19.1 Å². The van der Waals surface area contributed by atoms with Gasteiger partial charge in [0.05, 0.1) is 5.69 Å². The van der Waals surface area contributed by atoms with Crippen LogP contribution in [-0.4, -0.2) is 9.97 Å². The summed E-state index contributed by atoms with van der Waals surface area (Å²) in [5.41, 5.74) is 1.87. The van der Waals surface area contributed by atoms with Crippen LogP contribution in [0.4, 0.5) is 0 Å². The fraction of sp³-hybridized carbons (Fsp3) is 0.111. The molecule has 0 amide bonds. The largest absolute Gasteiger partial charge is 0.237 e. The molecule has 0 N–H and O–H groups in total. The Hall–Kier alpha value is -0.710. The maximum Gasteiger partial charge on any atom is 0.159 e. The highest BCUT2D eigenvalue weighted by atomic mass is 127. The quantitative estimate of drug-likeness (QED) is 0.687. The van der Waals surface area contributed by atoms with E-state index in [4.69, 9.17) is 0 Å². The number of fused-ring (bicyclic) bond motifs is 1. The summed E-state index contributed by atoms with van der Waals surface area (Å²) < 4.78 is 1.19. The van der Waals surface area contributed by atoms with Crippen LogP contribution in [0.25, 0.3) is 11.0 Å². The predicted molar refractivity (Wildman–Crippen MR) is 57.0 cm³/mol. The van der Waals surface area contributed by atoms with E-state index in [9.17, 15) is 0 Å². The molecule has 0 radical (unpaired) electrons. The van der Waals surface area contributed by atoms with Crippen molar-refractivity contribution in [3.05, 3.63) is 33.7 Å². The third-order valence-electron chi connectivity index (χ3n) is 1.72. The number of halogens is 1. The minimum atomic E-state index is 0.829. The lowest BCUT2D eigenvalue weighted by atomic mass is 10.3. The molecule has 0 bridgehead atoms. The Bertz CT molecular complexity index is 385. The van der Waals surface area contributed by atoms with Gasteiger partial charge >= 0.3 is 0 Å². The third-order valence-corrected chi connectivity index (χ3v) is 2.81. The Kier molecular flexibility index (Phi) is 1.96. The molecule has 0 aliphatic heterocycles. The van der Waals surface area contributed by atoms with Crippen LogP contribution in [-0.2, 0) is 0 Å². The summed E-state index contributed by atoms with van der Waals surface area (Å²) in [5, 5.41) is 1.10. The number of hydrogen-bond acceptors (Lipinski definition) is 2. The first-order valence-corrected chi connectivity index (χ1v) is 4.73. The van der Waals surface area contributed by atoms with Gasteiger partial charge in [-0.15, -0.1) is 0 Å². The van der Waals surface area contributed by atoms with Gasteiger partial charge in [0, 0.05) is 15.2 Å². The minimum Gasteiger partial charge on any atom is -0.237 e. The zero-order valence-electron chi connectivity index (χ0n) is 6.58. The van der Waals surface area contributed by atoms with E-state index in [1.54, 1.807) is 6.20 Å². The molecule has 2 rings (SSSR count). The van der Waals surface area contributed by atoms with Gasteiger partial charge in [-0.25, -0.2) is 9.97 Å². The van der Waals surface area contributed by atoms with Crippen molar-refractivity contribution < 1.29 is 0 Å². The van der Waals surface area contributed by atoms with E-state index >= 15 is 0 Å². The Labute approximate surface area is 84.2 Å². The lowest BCUT2D eigenvalue weighted by Gasteiger charge is -1.99. The second kappa shape index (κ2) is 2.97. The average molecular weight is 270 g/mol. The molecule has 2 aromatic heterocycles. The molecule has 0 fully saturated rings. The van der Waals surface area contributed by atoms with Crippen molar-refractivity contribution in [1.82, 2.24) is 9.97 Å². The number of nitrogens with zero attached hydrogens (tertiary/aromatic N) is 2. The highest BCUT2D eigenvalue weighted by Gasteiger charge is 1.99. The molecule has 0 aromatic carbocycles. The summed E-state index contributed by atoms with van der Waals surface area (Å²) in [4.78, 5) is 8.53. The van der Waals surface area contributed by atoms with Crippen molar-refractivity contribution in [3.63, 3.8) is 0 Å². The molecule has 12 heavy (non-hydrogen) atoms. The highest BCUT2D eigenvalue weighted by Crippen LogP contribution is 2.15. The minimum absolute atomic E-state index is 0.829. The van der Waals surface area contributed by atoms with Crippen LogP contribution in [0.2, 0.25) is 0 Å². The molecule has 0 unspecified atom stereocenters. The number of hydrogen-bond donors (Lipinski definition) is 0. The number of rotatable bonds is 0. The van der Waals surface area contributed by atoms with Gasteiger partial charge in [0.2, 0.25) is 0 Å². The second-order valence-electron chi connectivity index (χ2n) is 2.61. The summed E-state index contributed by atoms with van der Waals surface area (Å²) in [6, 6.07) is 6.05. The van der Waals surface area contributed by atoms with Crippen LogP contribution >= 0.6 is 22.6 Å². The normalized spacial score (nSPS) is 10.5. The molecule has 3 heteroatoms. The molecule has 60 valence electrons. The summed E-state index contributed by atoms with van der Waals surface area (Å²) in [6.45, 7) is 2.00. The fourth-order valence-corrected chi connectivity index (χ4v) is 1.52. The fourth-order valence-electron chi connectivity index (χ4n) is 1.07. The maximum atomic E-state index is 4.36. The molecular formula is C9H7IN2. The van der Waals surface area contributed by atoms with Gasteiger partial charge in [0.15, 0.2) is 5.65 Å². The number of aryl methyl sites for hydroxylation is 1. The predicted octanol–water partition coefficient (Wildman–Crippen LogP) is 2.54. The van der Waals surface area contributed by atoms with Gasteiger partial charge in [0.1, 0.15) is 0 Å². The summed E-state index contributed by atoms with van der Waals surface area (Å²) in [7, 11) is 0. The zero-order chi connectivity index (χ0) is 8.55. The van der Waals surface area contributed by atoms with Crippen molar-refractivity contribution >= 4 is 33.6 Å². The van der Waals surface area contributed by atoms with Crippen molar-refractivity contribution in [2.75, 3.05) is 0 Å². The Morgan fingerprint density at radius 3 is 3.08 bits per heavy atom. The molecule has 2 aromatic rings. The summed E-state index contributed by atoms with van der Waals surface area (Å²) >= 11 is 2.28. The molecule has 0 spiro atoms. The van der Waals surface area contributed by atoms with Crippen LogP contribution in [0, 0.1) is 10.5 Å². The van der Waals surface area contributed by atoms with E-state index < -0.39 is 0 Å². The van der Waals surface area contributed by atoms with Crippen LogP contribution in [0.1, 0.15) is 5.69 Å². The van der Waals surface area contributed by atoms with Crippen LogP contribution in [0.5, 0.6) is 0 Å². The molecule has 2 nitrogen and oxygen atoms in total. The first-order valence-electron chi connectivity index (χ1n) is 3.65. The van der Waals surface area contributed by atoms with Crippen LogP contribution < -0.4 is 0 Å². The van der Waals surface area contributed by atoms with Crippen molar-refractivity contribution in [1.29, 1.82) is 0 Å². The van der Waals surface area contributed by atoms with Crippen LogP contribution in [0.3, 0.4) is 0 Å². The summed E-state index contributed by atoms with van der Waals surface area (Å²) in [6.07, 6.45) is 1.77. The van der Waals surface area contributed by atoms with E-state index in [2.05, 4.69) is 38.6 Å². The first-order chi connectivity index (χ1) is 5.77. The van der Waals surface area contributed by atoms with Gasteiger partial charge in [-0.2, -0.15) is 0 Å². The molecule has 2 heterocycles. The topological polar surface area (TPSA) is 25.8 Å². The monoisotopic (exact) mass is 270 g/mol. The smallest absolute Gasteiger partial charge is 0.159 e. The summed E-state index contributed by atoms with van der Waals surface area (Å²) in [5.74, 6) is 0. The van der Waals surface area contributed by atoms with Crippen molar-refractivity contribution in [2.24, 2.45) is 0 Å². The lowest BCUT2D eigenvalue weighted by Crippen LogP contribution is -1.89. The van der Waals surface area contributed by atoms with Gasteiger partial charge in [-0.05, 0) is 47.7 Å². The van der Waals surface area contributed by atoms with E-state index in [0.717, 1.165) is 16.7 Å². The second-order valence-corrected chi connectivity index (χ2v) is 3.77. The first kappa shape index (κ1) is 7.91. The standard InChI is InChI=1S/C9H7IN2/c1-6-8(10)5-7-3-2-4-11-9(7)12-6/h2-5H,1H3. The SMILES string of the molecule is Cc1nc2ncccc2cc1I. The van der Waals surface area contributed by atoms with Crippen molar-refractivity contribution in [2.45, 2.75) is 6.92 Å². The van der Waals surface area contributed by atoms with Crippen LogP contribution in [0.15, 0.2) is 24.4 Å². The Balaban J connectivity index is 2.84. The van der Waals surface area contributed by atoms with Gasteiger partial charge < -0.3 is 0 Å². The molecule has 0 saturated carbocycles. The molecular weight excluding hydrogens is 263 g/mol. The number of pyridine rings is 2. The highest BCUT2D eigenvalue weighted by molar-refractivity contribution is 14.1. The lowest BCUT2D eigenvalue weighted by molar-refractivity contribution is 1.18. The van der Waals surface area contributed by atoms with Gasteiger partial charge in [0.25, 0.3) is 0 Å². The van der Waals surface area contributed by atoms with E-state index in [-0.39, 0.29) is 0 Å². The van der Waals surface area contributed by atoms with E-state index in [0.29, 0.717) is 0 Å². The molecule has 0 aliphatic rings.